The van der Waals surface area contributed by atoms with Gasteiger partial charge in [0.2, 0.25) is 5.95 Å². The molecule has 0 saturated carbocycles. The average Bonchev–Trinajstić information content (AvgIpc) is 3.19. The lowest BCUT2D eigenvalue weighted by Gasteiger charge is -2.35. The van der Waals surface area contributed by atoms with Crippen molar-refractivity contribution in [1.29, 1.82) is 0 Å². The molecular formula is C20H17FN6S. The maximum atomic E-state index is 13.3. The van der Waals surface area contributed by atoms with Crippen molar-refractivity contribution in [2.24, 2.45) is 0 Å². The van der Waals surface area contributed by atoms with Gasteiger partial charge >= 0.3 is 0 Å². The summed E-state index contributed by atoms with van der Waals surface area (Å²) in [6, 6.07) is 8.41. The predicted molar refractivity (Wildman–Crippen MR) is 109 cm³/mol. The summed E-state index contributed by atoms with van der Waals surface area (Å²) in [5.74, 6) is 1.45. The predicted octanol–water partition coefficient (Wildman–Crippen LogP) is 3.61. The second-order valence-electron chi connectivity index (χ2n) is 6.56. The summed E-state index contributed by atoms with van der Waals surface area (Å²) in [5.41, 5.74) is 2.02. The van der Waals surface area contributed by atoms with E-state index < -0.39 is 0 Å². The molecule has 0 radical (unpaired) electrons. The van der Waals surface area contributed by atoms with Gasteiger partial charge in [-0.2, -0.15) is 0 Å². The molecule has 5 rings (SSSR count). The molecule has 0 bridgehead atoms. The highest BCUT2D eigenvalue weighted by atomic mass is 32.1. The van der Waals surface area contributed by atoms with E-state index in [1.165, 1.54) is 12.1 Å². The molecule has 0 unspecified atom stereocenters. The lowest BCUT2D eigenvalue weighted by molar-refractivity contribution is 0.628. The van der Waals surface area contributed by atoms with Crippen LogP contribution in [0.5, 0.6) is 0 Å². The Balaban J connectivity index is 1.47. The van der Waals surface area contributed by atoms with Crippen LogP contribution in [-0.4, -0.2) is 46.1 Å². The normalized spacial score (nSPS) is 14.6. The molecule has 6 nitrogen and oxygen atoms in total. The Labute approximate surface area is 165 Å². The SMILES string of the molecule is Fc1ccc(-c2csc3ncnc(N4CCN(c5ncccn5)CC4)c23)cc1. The van der Waals surface area contributed by atoms with Crippen LogP contribution in [0.4, 0.5) is 16.2 Å². The third kappa shape index (κ3) is 3.05. The summed E-state index contributed by atoms with van der Waals surface area (Å²) in [6.07, 6.45) is 5.15. The largest absolute Gasteiger partial charge is 0.352 e. The summed E-state index contributed by atoms with van der Waals surface area (Å²) in [5, 5.41) is 3.10. The van der Waals surface area contributed by atoms with Crippen molar-refractivity contribution in [2.75, 3.05) is 36.0 Å². The first kappa shape index (κ1) is 17.0. The topological polar surface area (TPSA) is 58.0 Å². The van der Waals surface area contributed by atoms with Gasteiger partial charge in [-0.05, 0) is 23.8 Å². The molecule has 28 heavy (non-hydrogen) atoms. The number of rotatable bonds is 3. The van der Waals surface area contributed by atoms with E-state index in [9.17, 15) is 4.39 Å². The van der Waals surface area contributed by atoms with Crippen molar-refractivity contribution in [2.45, 2.75) is 0 Å². The fourth-order valence-corrected chi connectivity index (χ4v) is 4.42. The molecule has 1 aliphatic heterocycles. The first-order valence-electron chi connectivity index (χ1n) is 9.04. The van der Waals surface area contributed by atoms with Gasteiger partial charge in [-0.1, -0.05) is 12.1 Å². The summed E-state index contributed by atoms with van der Waals surface area (Å²) in [7, 11) is 0. The molecule has 0 N–H and O–H groups in total. The Bertz CT molecular complexity index is 1090. The summed E-state index contributed by atoms with van der Waals surface area (Å²) in [4.78, 5) is 23.1. The van der Waals surface area contributed by atoms with Crippen LogP contribution >= 0.6 is 11.3 Å². The Hall–Kier alpha value is -3.13. The zero-order chi connectivity index (χ0) is 18.9. The first-order valence-corrected chi connectivity index (χ1v) is 9.92. The van der Waals surface area contributed by atoms with Crippen LogP contribution in [0.25, 0.3) is 21.3 Å². The van der Waals surface area contributed by atoms with E-state index in [0.29, 0.717) is 0 Å². The molecule has 8 heteroatoms. The maximum Gasteiger partial charge on any atom is 0.225 e. The van der Waals surface area contributed by atoms with E-state index >= 15 is 0 Å². The highest BCUT2D eigenvalue weighted by Gasteiger charge is 2.23. The quantitative estimate of drug-likeness (QED) is 0.531. The van der Waals surface area contributed by atoms with Crippen molar-refractivity contribution >= 4 is 33.3 Å². The van der Waals surface area contributed by atoms with Crippen LogP contribution in [0.1, 0.15) is 0 Å². The van der Waals surface area contributed by atoms with Crippen molar-refractivity contribution in [3.63, 3.8) is 0 Å². The number of aromatic nitrogens is 4. The molecule has 1 fully saturated rings. The first-order chi connectivity index (χ1) is 13.8. The standard InChI is InChI=1S/C20H17FN6S/c21-15-4-2-14(3-5-15)16-12-28-19-17(16)18(24-13-25-19)26-8-10-27(11-9-26)20-22-6-1-7-23-20/h1-7,12-13H,8-11H2. The van der Waals surface area contributed by atoms with Crippen molar-refractivity contribution in [3.05, 3.63) is 60.3 Å². The number of piperazine rings is 1. The van der Waals surface area contributed by atoms with Crippen molar-refractivity contribution < 1.29 is 4.39 Å². The molecule has 4 aromatic rings. The highest BCUT2D eigenvalue weighted by molar-refractivity contribution is 7.17. The third-order valence-corrected chi connectivity index (χ3v) is 5.81. The van der Waals surface area contributed by atoms with Crippen LogP contribution in [0, 0.1) is 5.82 Å². The van der Waals surface area contributed by atoms with E-state index in [1.54, 1.807) is 42.2 Å². The van der Waals surface area contributed by atoms with Crippen LogP contribution < -0.4 is 9.80 Å². The number of nitrogens with zero attached hydrogens (tertiary/aromatic N) is 6. The third-order valence-electron chi connectivity index (χ3n) is 4.92. The number of anilines is 2. The van der Waals surface area contributed by atoms with Crippen LogP contribution in [-0.2, 0) is 0 Å². The van der Waals surface area contributed by atoms with Gasteiger partial charge in [0, 0.05) is 49.5 Å². The molecule has 0 spiro atoms. The molecule has 140 valence electrons. The Morgan fingerprint density at radius 3 is 2.32 bits per heavy atom. The van der Waals surface area contributed by atoms with E-state index in [1.807, 2.05) is 6.07 Å². The molecule has 4 heterocycles. The van der Waals surface area contributed by atoms with E-state index in [-0.39, 0.29) is 5.82 Å². The summed E-state index contributed by atoms with van der Waals surface area (Å²) in [6.45, 7) is 3.29. The van der Waals surface area contributed by atoms with Gasteiger partial charge in [0.15, 0.2) is 0 Å². The lowest BCUT2D eigenvalue weighted by Crippen LogP contribution is -2.47. The minimum absolute atomic E-state index is 0.237. The molecule has 1 aromatic carbocycles. The second-order valence-corrected chi connectivity index (χ2v) is 7.41. The van der Waals surface area contributed by atoms with Gasteiger partial charge in [0.1, 0.15) is 22.8 Å². The molecule has 3 aromatic heterocycles. The van der Waals surface area contributed by atoms with Gasteiger partial charge < -0.3 is 9.80 Å². The van der Waals surface area contributed by atoms with Crippen LogP contribution in [0.15, 0.2) is 54.4 Å². The minimum Gasteiger partial charge on any atom is -0.352 e. The fourth-order valence-electron chi connectivity index (χ4n) is 3.51. The van der Waals surface area contributed by atoms with Gasteiger partial charge in [0.05, 0.1) is 5.39 Å². The van der Waals surface area contributed by atoms with Crippen molar-refractivity contribution in [1.82, 2.24) is 19.9 Å². The summed E-state index contributed by atoms with van der Waals surface area (Å²) < 4.78 is 13.3. The molecule has 0 atom stereocenters. The fraction of sp³-hybridized carbons (Fsp3) is 0.200. The zero-order valence-electron chi connectivity index (χ0n) is 15.0. The van der Waals surface area contributed by atoms with Gasteiger partial charge in [-0.25, -0.2) is 24.3 Å². The van der Waals surface area contributed by atoms with Crippen molar-refractivity contribution in [3.8, 4) is 11.1 Å². The Morgan fingerprint density at radius 1 is 0.857 bits per heavy atom. The number of fused-ring (bicyclic) bond motifs is 1. The number of halogens is 1. The van der Waals surface area contributed by atoms with E-state index in [0.717, 1.165) is 59.3 Å². The molecule has 1 saturated heterocycles. The van der Waals surface area contributed by atoms with Gasteiger partial charge in [-0.15, -0.1) is 11.3 Å². The second kappa shape index (κ2) is 7.12. The monoisotopic (exact) mass is 392 g/mol. The lowest BCUT2D eigenvalue weighted by atomic mass is 10.1. The number of thiophene rings is 1. The molecule has 0 aliphatic carbocycles. The van der Waals surface area contributed by atoms with Crippen LogP contribution in [0.2, 0.25) is 0 Å². The Morgan fingerprint density at radius 2 is 1.57 bits per heavy atom. The number of hydrogen-bond acceptors (Lipinski definition) is 7. The van der Waals surface area contributed by atoms with Gasteiger partial charge in [0.25, 0.3) is 0 Å². The smallest absolute Gasteiger partial charge is 0.225 e. The van der Waals surface area contributed by atoms with Crippen LogP contribution in [0.3, 0.4) is 0 Å². The zero-order valence-corrected chi connectivity index (χ0v) is 15.8. The van der Waals surface area contributed by atoms with E-state index in [4.69, 9.17) is 0 Å². The molecule has 1 aliphatic rings. The minimum atomic E-state index is -0.237. The summed E-state index contributed by atoms with van der Waals surface area (Å²) >= 11 is 1.59. The maximum absolute atomic E-state index is 13.3. The van der Waals surface area contributed by atoms with Gasteiger partial charge in [-0.3, -0.25) is 0 Å². The Kier molecular flexibility index (Phi) is 4.32. The van der Waals surface area contributed by atoms with E-state index in [2.05, 4.69) is 35.1 Å². The molecule has 0 amide bonds. The average molecular weight is 392 g/mol. The molecular weight excluding hydrogens is 375 g/mol. The highest BCUT2D eigenvalue weighted by Crippen LogP contribution is 2.38. The number of benzene rings is 1. The number of hydrogen-bond donors (Lipinski definition) is 0.